The van der Waals surface area contributed by atoms with Crippen molar-refractivity contribution in [3.63, 3.8) is 0 Å². The fourth-order valence-corrected chi connectivity index (χ4v) is 5.97. The average molecular weight is 434 g/mol. The molecule has 164 valence electrons. The number of hydrogen-bond acceptors (Lipinski definition) is 4. The molecule has 0 radical (unpaired) electrons. The van der Waals surface area contributed by atoms with Crippen LogP contribution in [-0.4, -0.2) is 55.6 Å². The second-order valence-corrected chi connectivity index (χ2v) is 10.7. The molecule has 3 fully saturated rings. The largest absolute Gasteiger partial charge is 0.352 e. The molecule has 1 atom stereocenters. The first-order valence-corrected chi connectivity index (χ1v) is 12.5. The predicted molar refractivity (Wildman–Crippen MR) is 113 cm³/mol. The van der Waals surface area contributed by atoms with E-state index in [1.54, 1.807) is 22.5 Å². The van der Waals surface area contributed by atoms with Crippen molar-refractivity contribution >= 4 is 21.8 Å². The van der Waals surface area contributed by atoms with Crippen LogP contribution in [0.4, 0.5) is 0 Å². The van der Waals surface area contributed by atoms with Gasteiger partial charge in [0, 0.05) is 38.6 Å². The summed E-state index contributed by atoms with van der Waals surface area (Å²) in [6, 6.07) is 6.85. The van der Waals surface area contributed by atoms with Crippen LogP contribution in [0.5, 0.6) is 0 Å². The molecule has 1 N–H and O–H groups in total. The molecule has 1 aliphatic carbocycles. The average Bonchev–Trinajstić information content (AvgIpc) is 3.63. The monoisotopic (exact) mass is 433 g/mol. The van der Waals surface area contributed by atoms with E-state index in [0.717, 1.165) is 57.1 Å². The van der Waals surface area contributed by atoms with Crippen molar-refractivity contribution < 1.29 is 18.0 Å². The number of nitrogens with one attached hydrogen (secondary N) is 1. The number of amides is 2. The fourth-order valence-electron chi connectivity index (χ4n) is 4.38. The van der Waals surface area contributed by atoms with E-state index in [1.165, 1.54) is 0 Å². The van der Waals surface area contributed by atoms with Crippen LogP contribution in [-0.2, 0) is 26.2 Å². The molecule has 0 bridgehead atoms. The second kappa shape index (κ2) is 9.06. The van der Waals surface area contributed by atoms with Crippen LogP contribution in [0.25, 0.3) is 0 Å². The van der Waals surface area contributed by atoms with E-state index in [1.807, 2.05) is 11.0 Å². The van der Waals surface area contributed by atoms with Gasteiger partial charge in [0.25, 0.3) is 0 Å². The van der Waals surface area contributed by atoms with Crippen LogP contribution in [0.3, 0.4) is 0 Å². The van der Waals surface area contributed by atoms with Gasteiger partial charge in [-0.2, -0.15) is 4.31 Å². The Balaban J connectivity index is 1.35. The Kier molecular flexibility index (Phi) is 6.43. The first-order valence-electron chi connectivity index (χ1n) is 11.1. The Labute approximate surface area is 178 Å². The lowest BCUT2D eigenvalue weighted by Crippen LogP contribution is -2.45. The van der Waals surface area contributed by atoms with E-state index in [4.69, 9.17) is 0 Å². The van der Waals surface area contributed by atoms with E-state index in [2.05, 4.69) is 5.32 Å². The molecule has 2 heterocycles. The van der Waals surface area contributed by atoms with Crippen molar-refractivity contribution in [1.29, 1.82) is 0 Å². The minimum absolute atomic E-state index is 0.0624. The van der Waals surface area contributed by atoms with Crippen molar-refractivity contribution in [3.05, 3.63) is 29.8 Å². The lowest BCUT2D eigenvalue weighted by atomic mass is 9.96. The number of carbonyl (C=O) groups is 2. The quantitative estimate of drug-likeness (QED) is 0.745. The molecule has 1 unspecified atom stereocenters. The zero-order valence-electron chi connectivity index (χ0n) is 17.4. The van der Waals surface area contributed by atoms with E-state index in [-0.39, 0.29) is 35.1 Å². The molecule has 0 spiro atoms. The molecule has 7 nitrogen and oxygen atoms in total. The summed E-state index contributed by atoms with van der Waals surface area (Å²) < 4.78 is 27.3. The minimum atomic E-state index is -3.49. The lowest BCUT2D eigenvalue weighted by molar-refractivity contribution is -0.136. The van der Waals surface area contributed by atoms with Crippen molar-refractivity contribution in [2.24, 2.45) is 11.8 Å². The summed E-state index contributed by atoms with van der Waals surface area (Å²) in [4.78, 5) is 27.1. The van der Waals surface area contributed by atoms with Crippen LogP contribution in [0, 0.1) is 11.8 Å². The molecule has 3 aliphatic rings. The first-order chi connectivity index (χ1) is 14.4. The molecule has 4 rings (SSSR count). The lowest BCUT2D eigenvalue weighted by Gasteiger charge is -2.32. The molecule has 1 aromatic carbocycles. The summed E-state index contributed by atoms with van der Waals surface area (Å²) in [6.45, 7) is 2.66. The highest BCUT2D eigenvalue weighted by Crippen LogP contribution is 2.32. The van der Waals surface area contributed by atoms with Gasteiger partial charge < -0.3 is 10.2 Å². The molecule has 2 amide bonds. The number of piperidine rings is 2. The van der Waals surface area contributed by atoms with Gasteiger partial charge in [0.05, 0.1) is 10.8 Å². The molecule has 0 aromatic heterocycles. The maximum absolute atomic E-state index is 12.9. The summed E-state index contributed by atoms with van der Waals surface area (Å²) >= 11 is 0. The number of nitrogens with zero attached hydrogens (tertiary/aromatic N) is 2. The zero-order chi connectivity index (χ0) is 21.1. The van der Waals surface area contributed by atoms with Crippen LogP contribution >= 0.6 is 0 Å². The Morgan fingerprint density at radius 3 is 2.47 bits per heavy atom. The highest BCUT2D eigenvalue weighted by atomic mass is 32.2. The van der Waals surface area contributed by atoms with Gasteiger partial charge in [0.15, 0.2) is 0 Å². The number of carbonyl (C=O) groups excluding carboxylic acids is 2. The Bertz CT molecular complexity index is 891. The Hall–Kier alpha value is -1.93. The maximum Gasteiger partial charge on any atom is 0.243 e. The standard InChI is InChI=1S/C22H31N3O4S/c26-21(19-7-5-11-24(16-19)22(27)18-9-10-18)23-15-17-6-4-8-20(14-17)30(28,29)25-12-2-1-3-13-25/h4,6,8,14,18-19H,1-3,5,7,9-13,15-16H2,(H,23,26). The third-order valence-electron chi connectivity index (χ3n) is 6.35. The molecule has 1 saturated carbocycles. The molecule has 1 aromatic rings. The molecule has 2 aliphatic heterocycles. The SMILES string of the molecule is O=C(NCc1cccc(S(=O)(=O)N2CCCCC2)c1)C1CCCN(C(=O)C2CC2)C1. The molecular formula is C22H31N3O4S. The third-order valence-corrected chi connectivity index (χ3v) is 8.24. The van der Waals surface area contributed by atoms with Crippen LogP contribution < -0.4 is 5.32 Å². The van der Waals surface area contributed by atoms with Gasteiger partial charge in [-0.05, 0) is 56.2 Å². The molecular weight excluding hydrogens is 402 g/mol. The third kappa shape index (κ3) is 4.86. The minimum Gasteiger partial charge on any atom is -0.352 e. The summed E-state index contributed by atoms with van der Waals surface area (Å²) in [5.74, 6) is 0.119. The van der Waals surface area contributed by atoms with E-state index in [0.29, 0.717) is 19.6 Å². The summed E-state index contributed by atoms with van der Waals surface area (Å²) in [5, 5.41) is 2.95. The van der Waals surface area contributed by atoms with Crippen LogP contribution in [0.2, 0.25) is 0 Å². The topological polar surface area (TPSA) is 86.8 Å². The van der Waals surface area contributed by atoms with Gasteiger partial charge in [0.2, 0.25) is 21.8 Å². The van der Waals surface area contributed by atoms with Crippen molar-refractivity contribution in [3.8, 4) is 0 Å². The van der Waals surface area contributed by atoms with Crippen LogP contribution in [0.1, 0.15) is 50.5 Å². The summed E-state index contributed by atoms with van der Waals surface area (Å²) in [5.41, 5.74) is 0.767. The van der Waals surface area contributed by atoms with Crippen LogP contribution in [0.15, 0.2) is 29.2 Å². The Morgan fingerprint density at radius 1 is 0.967 bits per heavy atom. The highest BCUT2D eigenvalue weighted by molar-refractivity contribution is 7.89. The number of hydrogen-bond donors (Lipinski definition) is 1. The van der Waals surface area contributed by atoms with Gasteiger partial charge in [0.1, 0.15) is 0 Å². The predicted octanol–water partition coefficient (Wildman–Crippen LogP) is 2.13. The van der Waals surface area contributed by atoms with E-state index in [9.17, 15) is 18.0 Å². The number of benzene rings is 1. The van der Waals surface area contributed by atoms with Gasteiger partial charge in [-0.3, -0.25) is 9.59 Å². The van der Waals surface area contributed by atoms with Crippen molar-refractivity contribution in [1.82, 2.24) is 14.5 Å². The molecule has 30 heavy (non-hydrogen) atoms. The zero-order valence-corrected chi connectivity index (χ0v) is 18.2. The van der Waals surface area contributed by atoms with Gasteiger partial charge >= 0.3 is 0 Å². The van der Waals surface area contributed by atoms with E-state index < -0.39 is 10.0 Å². The van der Waals surface area contributed by atoms with Gasteiger partial charge in [-0.15, -0.1) is 0 Å². The highest BCUT2D eigenvalue weighted by Gasteiger charge is 2.36. The summed E-state index contributed by atoms with van der Waals surface area (Å²) in [6.07, 6.45) is 6.45. The summed E-state index contributed by atoms with van der Waals surface area (Å²) in [7, 11) is -3.49. The fraction of sp³-hybridized carbons (Fsp3) is 0.636. The smallest absolute Gasteiger partial charge is 0.243 e. The maximum atomic E-state index is 12.9. The Morgan fingerprint density at radius 2 is 1.73 bits per heavy atom. The molecule has 8 heteroatoms. The first kappa shape index (κ1) is 21.3. The number of rotatable bonds is 6. The van der Waals surface area contributed by atoms with Crippen molar-refractivity contribution in [2.75, 3.05) is 26.2 Å². The molecule has 2 saturated heterocycles. The van der Waals surface area contributed by atoms with E-state index >= 15 is 0 Å². The van der Waals surface area contributed by atoms with Gasteiger partial charge in [-0.1, -0.05) is 18.6 Å². The second-order valence-electron chi connectivity index (χ2n) is 8.73. The number of sulfonamides is 1. The number of likely N-dealkylation sites (tertiary alicyclic amines) is 1. The van der Waals surface area contributed by atoms with Gasteiger partial charge in [-0.25, -0.2) is 8.42 Å². The normalized spacial score (nSPS) is 23.2. The van der Waals surface area contributed by atoms with Crippen molar-refractivity contribution in [2.45, 2.75) is 56.4 Å².